The molecule has 0 amide bonds. The topological polar surface area (TPSA) is 35.5 Å². The van der Waals surface area contributed by atoms with Crippen LogP contribution >= 0.6 is 0 Å². The van der Waals surface area contributed by atoms with Gasteiger partial charge in [-0.15, -0.1) is 0 Å². The van der Waals surface area contributed by atoms with E-state index in [-0.39, 0.29) is 11.9 Å². The molecule has 1 saturated carbocycles. The van der Waals surface area contributed by atoms with Crippen LogP contribution in [-0.4, -0.2) is 19.7 Å². The highest BCUT2D eigenvalue weighted by molar-refractivity contribution is 5.72. The third-order valence-corrected chi connectivity index (χ3v) is 4.89. The van der Waals surface area contributed by atoms with Gasteiger partial charge in [0.2, 0.25) is 0 Å². The molecule has 0 bridgehead atoms. The molecule has 3 heteroatoms. The summed E-state index contributed by atoms with van der Waals surface area (Å²) in [7, 11) is 1.51. The molecule has 2 rings (SSSR count). The van der Waals surface area contributed by atoms with Crippen molar-refractivity contribution in [2.45, 2.75) is 57.8 Å². The molecule has 128 valence electrons. The highest BCUT2D eigenvalue weighted by Gasteiger charge is 2.22. The van der Waals surface area contributed by atoms with Crippen molar-refractivity contribution in [1.29, 1.82) is 0 Å². The second kappa shape index (κ2) is 10.3. The van der Waals surface area contributed by atoms with Gasteiger partial charge in [-0.25, -0.2) is 0 Å². The summed E-state index contributed by atoms with van der Waals surface area (Å²) in [6, 6.07) is 10.0. The molecule has 1 aliphatic carbocycles. The van der Waals surface area contributed by atoms with Gasteiger partial charge >= 0.3 is 5.97 Å². The van der Waals surface area contributed by atoms with E-state index in [4.69, 9.17) is 9.47 Å². The fourth-order valence-electron chi connectivity index (χ4n) is 3.48. The molecule has 2 unspecified atom stereocenters. The molecular weight excluding hydrogens is 288 g/mol. The molecule has 0 saturated heterocycles. The molecule has 0 radical (unpaired) electrons. The number of esters is 1. The van der Waals surface area contributed by atoms with Gasteiger partial charge in [0.1, 0.15) is 5.75 Å². The van der Waals surface area contributed by atoms with E-state index >= 15 is 0 Å². The van der Waals surface area contributed by atoms with Gasteiger partial charge in [-0.1, -0.05) is 43.9 Å². The molecule has 0 N–H and O–H groups in total. The van der Waals surface area contributed by atoms with Crippen molar-refractivity contribution >= 4 is 5.97 Å². The average Bonchev–Trinajstić information content (AvgIpc) is 2.57. The highest BCUT2D eigenvalue weighted by atomic mass is 16.5. The lowest BCUT2D eigenvalue weighted by molar-refractivity contribution is -0.146. The summed E-state index contributed by atoms with van der Waals surface area (Å²) in [6.45, 7) is 0.793. The number of hydrogen-bond donors (Lipinski definition) is 0. The standard InChI is InChI=1S/C20H30O3/c1-22-20(21)18-11-6-5-9-17(14-15-18)10-7-8-16-23-19-12-3-2-4-13-19/h2-4,12-13,17-18H,5-11,14-16H2,1H3. The predicted octanol–water partition coefficient (Wildman–Crippen LogP) is 5.00. The molecule has 1 fully saturated rings. The number of benzene rings is 1. The van der Waals surface area contributed by atoms with Gasteiger partial charge in [-0.3, -0.25) is 4.79 Å². The van der Waals surface area contributed by atoms with Crippen molar-refractivity contribution in [2.24, 2.45) is 11.8 Å². The third-order valence-electron chi connectivity index (χ3n) is 4.89. The molecule has 2 atom stereocenters. The van der Waals surface area contributed by atoms with Crippen molar-refractivity contribution in [3.8, 4) is 5.75 Å². The Morgan fingerprint density at radius 1 is 1.04 bits per heavy atom. The van der Waals surface area contributed by atoms with Crippen LogP contribution < -0.4 is 4.74 Å². The molecule has 1 aliphatic rings. The lowest BCUT2D eigenvalue weighted by atomic mass is 9.83. The van der Waals surface area contributed by atoms with Gasteiger partial charge in [-0.2, -0.15) is 0 Å². The number of carbonyl (C=O) groups excluding carboxylic acids is 1. The largest absolute Gasteiger partial charge is 0.494 e. The molecule has 0 heterocycles. The minimum Gasteiger partial charge on any atom is -0.494 e. The highest BCUT2D eigenvalue weighted by Crippen LogP contribution is 2.29. The summed E-state index contributed by atoms with van der Waals surface area (Å²) < 4.78 is 10.7. The summed E-state index contributed by atoms with van der Waals surface area (Å²) in [5.74, 6) is 1.84. The van der Waals surface area contributed by atoms with E-state index in [1.165, 1.54) is 39.2 Å². The molecule has 0 aromatic heterocycles. The number of unbranched alkanes of at least 4 members (excludes halogenated alkanes) is 1. The maximum atomic E-state index is 11.7. The lowest BCUT2D eigenvalue weighted by Crippen LogP contribution is -2.19. The van der Waals surface area contributed by atoms with Crippen LogP contribution in [0.25, 0.3) is 0 Å². The van der Waals surface area contributed by atoms with Gasteiger partial charge in [0, 0.05) is 0 Å². The molecule has 0 aliphatic heterocycles. The van der Waals surface area contributed by atoms with Crippen molar-refractivity contribution in [3.63, 3.8) is 0 Å². The van der Waals surface area contributed by atoms with Crippen LogP contribution in [-0.2, 0) is 9.53 Å². The van der Waals surface area contributed by atoms with Gasteiger partial charge in [-0.05, 0) is 50.2 Å². The van der Waals surface area contributed by atoms with Crippen LogP contribution in [0.3, 0.4) is 0 Å². The maximum absolute atomic E-state index is 11.7. The van der Waals surface area contributed by atoms with Crippen LogP contribution in [0.1, 0.15) is 57.8 Å². The Balaban J connectivity index is 1.61. The van der Waals surface area contributed by atoms with Crippen LogP contribution in [0, 0.1) is 11.8 Å². The van der Waals surface area contributed by atoms with Crippen molar-refractivity contribution in [3.05, 3.63) is 30.3 Å². The minimum atomic E-state index is -0.0121. The number of carbonyl (C=O) groups is 1. The first-order chi connectivity index (χ1) is 11.3. The number of hydrogen-bond acceptors (Lipinski definition) is 3. The minimum absolute atomic E-state index is 0.0121. The zero-order valence-corrected chi connectivity index (χ0v) is 14.3. The first kappa shape index (κ1) is 17.8. The quantitative estimate of drug-likeness (QED) is 0.524. The maximum Gasteiger partial charge on any atom is 0.308 e. The van der Waals surface area contributed by atoms with E-state index in [0.717, 1.165) is 44.0 Å². The third kappa shape index (κ3) is 6.64. The molecule has 0 spiro atoms. The number of para-hydroxylation sites is 1. The zero-order chi connectivity index (χ0) is 16.3. The van der Waals surface area contributed by atoms with E-state index in [2.05, 4.69) is 0 Å². The molecule has 1 aromatic carbocycles. The monoisotopic (exact) mass is 318 g/mol. The Morgan fingerprint density at radius 2 is 1.83 bits per heavy atom. The fraction of sp³-hybridized carbons (Fsp3) is 0.650. The van der Waals surface area contributed by atoms with Crippen molar-refractivity contribution in [1.82, 2.24) is 0 Å². The van der Waals surface area contributed by atoms with Gasteiger partial charge in [0.25, 0.3) is 0 Å². The second-order valence-corrected chi connectivity index (χ2v) is 6.61. The van der Waals surface area contributed by atoms with Crippen LogP contribution in [0.2, 0.25) is 0 Å². The first-order valence-corrected chi connectivity index (χ1v) is 9.05. The van der Waals surface area contributed by atoms with Crippen molar-refractivity contribution < 1.29 is 14.3 Å². The summed E-state index contributed by atoms with van der Waals surface area (Å²) in [6.07, 6.45) is 10.5. The lowest BCUT2D eigenvalue weighted by Gasteiger charge is -2.23. The van der Waals surface area contributed by atoms with Crippen molar-refractivity contribution in [2.75, 3.05) is 13.7 Å². The smallest absolute Gasteiger partial charge is 0.308 e. The molecule has 23 heavy (non-hydrogen) atoms. The first-order valence-electron chi connectivity index (χ1n) is 9.05. The van der Waals surface area contributed by atoms with Crippen LogP contribution in [0.4, 0.5) is 0 Å². The average molecular weight is 318 g/mol. The number of rotatable bonds is 7. The van der Waals surface area contributed by atoms with E-state index in [1.807, 2.05) is 30.3 Å². The Bertz CT molecular complexity index is 443. The van der Waals surface area contributed by atoms with E-state index in [0.29, 0.717) is 0 Å². The zero-order valence-electron chi connectivity index (χ0n) is 14.3. The molecular formula is C20H30O3. The number of ether oxygens (including phenoxy) is 2. The van der Waals surface area contributed by atoms with Gasteiger partial charge < -0.3 is 9.47 Å². The molecule has 3 nitrogen and oxygen atoms in total. The summed E-state index contributed by atoms with van der Waals surface area (Å²) >= 11 is 0. The van der Waals surface area contributed by atoms with E-state index in [9.17, 15) is 4.79 Å². The Hall–Kier alpha value is -1.51. The SMILES string of the molecule is COC(=O)C1CCCCC(CCCCOc2ccccc2)CC1. The normalized spacial score (nSPS) is 22.0. The van der Waals surface area contributed by atoms with Crippen LogP contribution in [0.5, 0.6) is 5.75 Å². The fourth-order valence-corrected chi connectivity index (χ4v) is 3.48. The second-order valence-electron chi connectivity index (χ2n) is 6.61. The predicted molar refractivity (Wildman–Crippen MR) is 92.5 cm³/mol. The number of methoxy groups -OCH3 is 1. The Labute approximate surface area is 140 Å². The van der Waals surface area contributed by atoms with E-state index in [1.54, 1.807) is 0 Å². The van der Waals surface area contributed by atoms with Gasteiger partial charge in [0.05, 0.1) is 19.6 Å². The Morgan fingerprint density at radius 3 is 2.61 bits per heavy atom. The summed E-state index contributed by atoms with van der Waals surface area (Å²) in [5.41, 5.74) is 0. The summed E-state index contributed by atoms with van der Waals surface area (Å²) in [4.78, 5) is 11.7. The van der Waals surface area contributed by atoms with Gasteiger partial charge in [0.15, 0.2) is 0 Å². The summed E-state index contributed by atoms with van der Waals surface area (Å²) in [5, 5.41) is 0. The Kier molecular flexibility index (Phi) is 7.99. The van der Waals surface area contributed by atoms with Crippen LogP contribution in [0.15, 0.2) is 30.3 Å². The molecule has 1 aromatic rings. The van der Waals surface area contributed by atoms with E-state index < -0.39 is 0 Å².